The number of nitrogens with one attached hydrogen (secondary N) is 1. The second-order valence-corrected chi connectivity index (χ2v) is 7.49. The minimum Gasteiger partial charge on any atom is -0.495 e. The molecular formula is C22H15ClF4N4O3. The molecule has 7 nitrogen and oxygen atoms in total. The minimum absolute atomic E-state index is 0.104. The van der Waals surface area contributed by atoms with E-state index in [0.29, 0.717) is 33.1 Å². The fraction of sp³-hybridized carbons (Fsp3) is 0.136. The fourth-order valence-corrected chi connectivity index (χ4v) is 3.52. The van der Waals surface area contributed by atoms with Gasteiger partial charge in [-0.3, -0.25) is 4.79 Å². The molecule has 12 heteroatoms. The topological polar surface area (TPSA) is 78.3 Å². The molecule has 0 aliphatic rings. The van der Waals surface area contributed by atoms with Gasteiger partial charge >= 0.3 is 0 Å². The number of halogens is 5. The Bertz CT molecular complexity index is 1430. The Morgan fingerprint density at radius 1 is 0.941 bits per heavy atom. The van der Waals surface area contributed by atoms with Gasteiger partial charge in [-0.15, -0.1) is 10.2 Å². The molecule has 3 aromatic carbocycles. The van der Waals surface area contributed by atoms with Crippen molar-refractivity contribution in [3.63, 3.8) is 0 Å². The molecule has 34 heavy (non-hydrogen) atoms. The Labute approximate surface area is 194 Å². The smallest absolute Gasteiger partial charge is 0.261 e. The molecule has 1 amide bonds. The molecule has 0 radical (unpaired) electrons. The molecule has 0 saturated heterocycles. The second-order valence-electron chi connectivity index (χ2n) is 7.08. The van der Waals surface area contributed by atoms with E-state index in [0.717, 1.165) is 7.11 Å². The molecule has 0 saturated carbocycles. The van der Waals surface area contributed by atoms with Gasteiger partial charge in [-0.05, 0) is 42.8 Å². The van der Waals surface area contributed by atoms with Crippen molar-refractivity contribution >= 4 is 34.2 Å². The minimum atomic E-state index is -1.88. The van der Waals surface area contributed by atoms with Crippen LogP contribution in [0.3, 0.4) is 0 Å². The lowest BCUT2D eigenvalue weighted by molar-refractivity contribution is 0.101. The molecule has 176 valence electrons. The summed E-state index contributed by atoms with van der Waals surface area (Å²) in [6, 6.07) is 7.88. The number of hydrogen-bond acceptors (Lipinski definition) is 5. The number of aromatic nitrogens is 3. The summed E-state index contributed by atoms with van der Waals surface area (Å²) < 4.78 is 66.1. The van der Waals surface area contributed by atoms with Gasteiger partial charge in [0.25, 0.3) is 5.91 Å². The lowest BCUT2D eigenvalue weighted by atomic mass is 10.1. The number of ether oxygens (including phenoxy) is 2. The van der Waals surface area contributed by atoms with Crippen molar-refractivity contribution in [3.8, 4) is 17.2 Å². The maximum absolute atomic E-state index is 14.3. The zero-order valence-corrected chi connectivity index (χ0v) is 18.6. The predicted octanol–water partition coefficient (Wildman–Crippen LogP) is 5.21. The summed E-state index contributed by atoms with van der Waals surface area (Å²) in [6.07, 6.45) is 0. The number of carbonyl (C=O) groups excluding carboxylic acids is 1. The first-order valence-corrected chi connectivity index (χ1v) is 9.97. The summed E-state index contributed by atoms with van der Waals surface area (Å²) in [5, 5.41) is 11.3. The van der Waals surface area contributed by atoms with Gasteiger partial charge in [0.15, 0.2) is 17.4 Å². The highest BCUT2D eigenvalue weighted by Gasteiger charge is 2.30. The molecule has 0 aliphatic heterocycles. The normalized spacial score (nSPS) is 11.1. The average Bonchev–Trinajstić information content (AvgIpc) is 3.21. The Morgan fingerprint density at radius 2 is 1.56 bits per heavy atom. The van der Waals surface area contributed by atoms with E-state index in [2.05, 4.69) is 20.3 Å². The first-order chi connectivity index (χ1) is 16.2. The van der Waals surface area contributed by atoms with Crippen molar-refractivity contribution in [2.24, 2.45) is 0 Å². The van der Waals surface area contributed by atoms with Crippen LogP contribution < -0.4 is 14.8 Å². The van der Waals surface area contributed by atoms with Crippen molar-refractivity contribution in [3.05, 3.63) is 69.8 Å². The molecule has 0 aliphatic carbocycles. The summed E-state index contributed by atoms with van der Waals surface area (Å²) in [6.45, 7) is 1.60. The van der Waals surface area contributed by atoms with E-state index in [1.165, 1.54) is 18.0 Å². The van der Waals surface area contributed by atoms with Gasteiger partial charge in [0, 0.05) is 5.69 Å². The molecule has 1 heterocycles. The number of carbonyl (C=O) groups is 1. The molecule has 0 fully saturated rings. The van der Waals surface area contributed by atoms with E-state index in [-0.39, 0.29) is 5.69 Å². The van der Waals surface area contributed by atoms with Crippen LogP contribution in [-0.4, -0.2) is 35.1 Å². The largest absolute Gasteiger partial charge is 0.495 e. The van der Waals surface area contributed by atoms with E-state index in [1.54, 1.807) is 31.2 Å². The van der Waals surface area contributed by atoms with E-state index in [1.807, 2.05) is 0 Å². The lowest BCUT2D eigenvalue weighted by Crippen LogP contribution is -2.19. The van der Waals surface area contributed by atoms with Crippen LogP contribution in [0.25, 0.3) is 16.7 Å². The first-order valence-electron chi connectivity index (χ1n) is 9.59. The van der Waals surface area contributed by atoms with Gasteiger partial charge in [0.2, 0.25) is 11.6 Å². The number of fused-ring (bicyclic) bond motifs is 1. The Kier molecular flexibility index (Phi) is 6.05. The van der Waals surface area contributed by atoms with Crippen LogP contribution in [-0.2, 0) is 0 Å². The number of aryl methyl sites for hydroxylation is 1. The van der Waals surface area contributed by atoms with Crippen LogP contribution in [0.15, 0.2) is 30.3 Å². The summed E-state index contributed by atoms with van der Waals surface area (Å²) in [5.41, 5.74) is 0.427. The monoisotopic (exact) mass is 494 g/mol. The molecular weight excluding hydrogens is 480 g/mol. The average molecular weight is 495 g/mol. The van der Waals surface area contributed by atoms with Crippen molar-refractivity contribution in [1.29, 1.82) is 0 Å². The van der Waals surface area contributed by atoms with Crippen LogP contribution in [0.1, 0.15) is 15.9 Å². The lowest BCUT2D eigenvalue weighted by Gasteiger charge is -2.12. The standard InChI is InChI=1S/C22H15ClF4N4O3/c1-9-6-13-14(30-31(29-13)10-4-5-15(33-2)11(23)7-10)8-12(9)28-22(32)16-17(24)19(26)21(34-3)20(27)18(16)25/h4-8H,1-3H3,(H,28,32). The number of methoxy groups -OCH3 is 2. The van der Waals surface area contributed by atoms with Crippen molar-refractivity contribution < 1.29 is 31.8 Å². The van der Waals surface area contributed by atoms with Gasteiger partial charge in [-0.25, -0.2) is 8.78 Å². The quantitative estimate of drug-likeness (QED) is 0.304. The van der Waals surface area contributed by atoms with Crippen LogP contribution in [0.5, 0.6) is 11.5 Å². The van der Waals surface area contributed by atoms with Gasteiger partial charge in [-0.1, -0.05) is 11.6 Å². The number of benzene rings is 3. The Hall–Kier alpha value is -3.86. The number of rotatable bonds is 5. The summed E-state index contributed by atoms with van der Waals surface area (Å²) in [7, 11) is 2.32. The molecule has 0 atom stereocenters. The van der Waals surface area contributed by atoms with Gasteiger partial charge in [-0.2, -0.15) is 13.6 Å². The Morgan fingerprint density at radius 3 is 2.12 bits per heavy atom. The van der Waals surface area contributed by atoms with Gasteiger partial charge in [0.05, 0.1) is 24.9 Å². The molecule has 4 aromatic rings. The third kappa shape index (κ3) is 3.87. The van der Waals surface area contributed by atoms with Crippen molar-refractivity contribution in [1.82, 2.24) is 15.0 Å². The summed E-state index contributed by atoms with van der Waals surface area (Å²) in [4.78, 5) is 13.8. The second kappa shape index (κ2) is 8.82. The van der Waals surface area contributed by atoms with Crippen molar-refractivity contribution in [2.45, 2.75) is 6.92 Å². The number of anilines is 1. The van der Waals surface area contributed by atoms with E-state index >= 15 is 0 Å². The van der Waals surface area contributed by atoms with Gasteiger partial charge in [0.1, 0.15) is 22.3 Å². The summed E-state index contributed by atoms with van der Waals surface area (Å²) in [5.74, 6) is -9.59. The van der Waals surface area contributed by atoms with Crippen LogP contribution in [0.4, 0.5) is 23.2 Å². The molecule has 1 aromatic heterocycles. The van der Waals surface area contributed by atoms with E-state index in [9.17, 15) is 22.4 Å². The molecule has 4 rings (SSSR count). The maximum atomic E-state index is 14.3. The molecule has 0 bridgehead atoms. The van der Waals surface area contributed by atoms with Crippen molar-refractivity contribution in [2.75, 3.05) is 19.5 Å². The third-order valence-corrected chi connectivity index (χ3v) is 5.29. The number of amides is 1. The predicted molar refractivity (Wildman–Crippen MR) is 116 cm³/mol. The highest BCUT2D eigenvalue weighted by atomic mass is 35.5. The van der Waals surface area contributed by atoms with E-state index < -0.39 is 40.5 Å². The molecule has 1 N–H and O–H groups in total. The Balaban J connectivity index is 1.70. The zero-order valence-electron chi connectivity index (χ0n) is 17.8. The SMILES string of the molecule is COc1ccc(-n2nc3cc(C)c(NC(=O)c4c(F)c(F)c(OC)c(F)c4F)cc3n2)cc1Cl. The highest BCUT2D eigenvalue weighted by molar-refractivity contribution is 6.32. The molecule has 0 unspecified atom stereocenters. The zero-order chi connectivity index (χ0) is 24.7. The highest BCUT2D eigenvalue weighted by Crippen LogP contribution is 2.31. The number of nitrogens with zero attached hydrogens (tertiary/aromatic N) is 3. The van der Waals surface area contributed by atoms with Crippen LogP contribution >= 0.6 is 11.6 Å². The fourth-order valence-electron chi connectivity index (χ4n) is 3.27. The molecule has 0 spiro atoms. The number of hydrogen-bond donors (Lipinski definition) is 1. The van der Waals surface area contributed by atoms with Crippen LogP contribution in [0, 0.1) is 30.2 Å². The van der Waals surface area contributed by atoms with E-state index in [4.69, 9.17) is 16.3 Å². The van der Waals surface area contributed by atoms with Crippen LogP contribution in [0.2, 0.25) is 5.02 Å². The van der Waals surface area contributed by atoms with Gasteiger partial charge < -0.3 is 14.8 Å². The summed E-state index contributed by atoms with van der Waals surface area (Å²) >= 11 is 6.15. The first kappa shape index (κ1) is 23.3. The maximum Gasteiger partial charge on any atom is 0.261 e. The third-order valence-electron chi connectivity index (χ3n) is 5.00.